The lowest BCUT2D eigenvalue weighted by Crippen LogP contribution is -2.60. The number of fused-ring (bicyclic) bond motifs is 1. The standard InChI is InChI=1S/C36H40N4O4/c1-2-3-8-33-38-30-14-13-28(37-34(41)39-36-19-24-15-25(20-36)17-26(16-24)21-36)18-31(30)40(33)22-23-9-11-27(12-10-23)29-6-4-5-7-32(29)44-35(42)43/h4-7,9-14,18,24-26H,2-3,8,15-17,19-22H2,1H3,(H,42,43)(H2,37,39,41). The van der Waals surface area contributed by atoms with Crippen molar-refractivity contribution in [2.75, 3.05) is 5.32 Å². The third kappa shape index (κ3) is 5.77. The first-order valence-electron chi connectivity index (χ1n) is 16.0. The molecule has 0 spiro atoms. The van der Waals surface area contributed by atoms with Crippen LogP contribution in [0.5, 0.6) is 5.75 Å². The van der Waals surface area contributed by atoms with Crippen LogP contribution in [0.2, 0.25) is 0 Å². The van der Waals surface area contributed by atoms with Crippen molar-refractivity contribution in [3.63, 3.8) is 0 Å². The number of nitrogens with zero attached hydrogens (tertiary/aromatic N) is 2. The number of ether oxygens (including phenoxy) is 1. The average Bonchev–Trinajstić information content (AvgIpc) is 3.31. The van der Waals surface area contributed by atoms with E-state index in [-0.39, 0.29) is 11.6 Å². The van der Waals surface area contributed by atoms with Crippen molar-refractivity contribution >= 4 is 28.9 Å². The Bertz CT molecular complexity index is 1660. The average molecular weight is 593 g/mol. The van der Waals surface area contributed by atoms with Crippen LogP contribution >= 0.6 is 0 Å². The predicted octanol–water partition coefficient (Wildman–Crippen LogP) is 8.24. The highest BCUT2D eigenvalue weighted by Gasteiger charge is 2.51. The minimum Gasteiger partial charge on any atom is -0.449 e. The number of anilines is 1. The van der Waals surface area contributed by atoms with Gasteiger partial charge in [0.05, 0.1) is 11.0 Å². The molecule has 0 radical (unpaired) electrons. The number of urea groups is 1. The van der Waals surface area contributed by atoms with Gasteiger partial charge in [0, 0.05) is 29.8 Å². The van der Waals surface area contributed by atoms with Gasteiger partial charge in [0.2, 0.25) is 0 Å². The van der Waals surface area contributed by atoms with E-state index in [9.17, 15) is 9.59 Å². The van der Waals surface area contributed by atoms with Crippen LogP contribution in [0, 0.1) is 17.8 Å². The number of hydrogen-bond acceptors (Lipinski definition) is 4. The summed E-state index contributed by atoms with van der Waals surface area (Å²) in [6, 6.07) is 21.1. The van der Waals surface area contributed by atoms with E-state index in [1.807, 2.05) is 42.5 Å². The lowest BCUT2D eigenvalue weighted by atomic mass is 9.53. The maximum Gasteiger partial charge on any atom is 0.511 e. The van der Waals surface area contributed by atoms with Crippen LogP contribution < -0.4 is 15.4 Å². The van der Waals surface area contributed by atoms with E-state index < -0.39 is 6.16 Å². The fraction of sp³-hybridized carbons (Fsp3) is 0.417. The molecule has 8 heteroatoms. The molecule has 44 heavy (non-hydrogen) atoms. The number of aromatic nitrogens is 2. The molecule has 4 fully saturated rings. The van der Waals surface area contributed by atoms with Gasteiger partial charge >= 0.3 is 12.2 Å². The molecule has 0 saturated heterocycles. The molecule has 8 nitrogen and oxygen atoms in total. The van der Waals surface area contributed by atoms with Crippen LogP contribution in [0.25, 0.3) is 22.2 Å². The Kier molecular flexibility index (Phi) is 7.52. The van der Waals surface area contributed by atoms with E-state index in [4.69, 9.17) is 14.8 Å². The maximum absolute atomic E-state index is 13.3. The van der Waals surface area contributed by atoms with Gasteiger partial charge in [0.25, 0.3) is 0 Å². The topological polar surface area (TPSA) is 105 Å². The van der Waals surface area contributed by atoms with E-state index in [0.29, 0.717) is 12.3 Å². The van der Waals surface area contributed by atoms with Gasteiger partial charge in [0.1, 0.15) is 11.6 Å². The molecule has 1 heterocycles. The molecule has 8 rings (SSSR count). The van der Waals surface area contributed by atoms with E-state index >= 15 is 0 Å². The molecule has 2 amide bonds. The van der Waals surface area contributed by atoms with Crippen LogP contribution in [-0.2, 0) is 13.0 Å². The number of hydrogen-bond donors (Lipinski definition) is 3. The Balaban J connectivity index is 1.12. The predicted molar refractivity (Wildman–Crippen MR) is 171 cm³/mol. The highest BCUT2D eigenvalue weighted by atomic mass is 16.7. The first kappa shape index (κ1) is 28.4. The summed E-state index contributed by atoms with van der Waals surface area (Å²) in [7, 11) is 0. The fourth-order valence-electron chi connectivity index (χ4n) is 8.48. The van der Waals surface area contributed by atoms with Crippen molar-refractivity contribution in [3.8, 4) is 16.9 Å². The van der Waals surface area contributed by atoms with Crippen molar-refractivity contribution in [2.45, 2.75) is 76.8 Å². The molecule has 4 aromatic rings. The molecular formula is C36H40N4O4. The van der Waals surface area contributed by atoms with Gasteiger partial charge in [-0.15, -0.1) is 0 Å². The number of aryl methyl sites for hydroxylation is 1. The maximum atomic E-state index is 13.3. The number of carbonyl (C=O) groups excluding carboxylic acids is 1. The van der Waals surface area contributed by atoms with Crippen molar-refractivity contribution in [1.29, 1.82) is 0 Å². The molecule has 3 N–H and O–H groups in total. The van der Waals surface area contributed by atoms with Crippen LogP contribution in [0.4, 0.5) is 15.3 Å². The molecular weight excluding hydrogens is 552 g/mol. The largest absolute Gasteiger partial charge is 0.511 e. The second kappa shape index (κ2) is 11.6. The first-order chi connectivity index (χ1) is 21.4. The lowest BCUT2D eigenvalue weighted by Gasteiger charge is -2.56. The number of para-hydroxylation sites is 1. The van der Waals surface area contributed by atoms with Gasteiger partial charge in [-0.25, -0.2) is 14.6 Å². The second-order valence-corrected chi connectivity index (χ2v) is 13.3. The summed E-state index contributed by atoms with van der Waals surface area (Å²) in [5.74, 6) is 3.66. The molecule has 228 valence electrons. The Morgan fingerprint density at radius 2 is 1.68 bits per heavy atom. The second-order valence-electron chi connectivity index (χ2n) is 13.3. The smallest absolute Gasteiger partial charge is 0.449 e. The Labute approximate surface area is 257 Å². The number of rotatable bonds is 9. The number of amides is 2. The van der Waals surface area contributed by atoms with Crippen LogP contribution in [0.3, 0.4) is 0 Å². The first-order valence-corrected chi connectivity index (χ1v) is 16.0. The highest BCUT2D eigenvalue weighted by molar-refractivity contribution is 5.92. The number of nitrogens with one attached hydrogen (secondary N) is 2. The minimum atomic E-state index is -1.33. The number of unbranched alkanes of at least 4 members (excludes halogenated alkanes) is 1. The summed E-state index contributed by atoms with van der Waals surface area (Å²) >= 11 is 0. The third-order valence-electron chi connectivity index (χ3n) is 9.95. The van der Waals surface area contributed by atoms with Gasteiger partial charge in [-0.1, -0.05) is 55.8 Å². The number of benzene rings is 3. The van der Waals surface area contributed by atoms with Gasteiger partial charge in [0.15, 0.2) is 0 Å². The third-order valence-corrected chi connectivity index (χ3v) is 9.95. The summed E-state index contributed by atoms with van der Waals surface area (Å²) in [6.07, 6.45) is 9.06. The van der Waals surface area contributed by atoms with Gasteiger partial charge in [-0.3, -0.25) is 0 Å². The molecule has 4 bridgehead atoms. The highest BCUT2D eigenvalue weighted by Crippen LogP contribution is 2.55. The zero-order valence-corrected chi connectivity index (χ0v) is 25.2. The van der Waals surface area contributed by atoms with Gasteiger partial charge in [-0.05, 0) is 98.1 Å². The van der Waals surface area contributed by atoms with E-state index in [2.05, 4.69) is 34.3 Å². The summed E-state index contributed by atoms with van der Waals surface area (Å²) in [6.45, 7) is 2.81. The van der Waals surface area contributed by atoms with Crippen molar-refractivity contribution in [1.82, 2.24) is 14.9 Å². The number of carboxylic acid groups (broad SMARTS) is 1. The van der Waals surface area contributed by atoms with Gasteiger partial charge in [-0.2, -0.15) is 0 Å². The zero-order valence-electron chi connectivity index (χ0n) is 25.2. The van der Waals surface area contributed by atoms with Crippen molar-refractivity contribution in [2.24, 2.45) is 17.8 Å². The summed E-state index contributed by atoms with van der Waals surface area (Å²) in [4.78, 5) is 29.5. The zero-order chi connectivity index (χ0) is 30.3. The van der Waals surface area contributed by atoms with Crippen LogP contribution in [-0.4, -0.2) is 32.4 Å². The number of imidazole rings is 1. The SMILES string of the molecule is CCCCc1nc2ccc(NC(=O)NC34CC5CC(CC(C5)C3)C4)cc2n1Cc1ccc(-c2ccccc2OC(=O)O)cc1. The van der Waals surface area contributed by atoms with E-state index in [1.54, 1.807) is 12.1 Å². The molecule has 3 aromatic carbocycles. The Morgan fingerprint density at radius 1 is 0.977 bits per heavy atom. The Hall–Kier alpha value is -4.33. The summed E-state index contributed by atoms with van der Waals surface area (Å²) in [5, 5.41) is 15.7. The van der Waals surface area contributed by atoms with Crippen molar-refractivity contribution < 1.29 is 19.4 Å². The van der Waals surface area contributed by atoms with Gasteiger partial charge < -0.3 is 25.0 Å². The molecule has 0 atom stereocenters. The quantitative estimate of drug-likeness (QED) is 0.134. The number of carbonyl (C=O) groups is 2. The molecule has 4 aliphatic carbocycles. The molecule has 0 aliphatic heterocycles. The minimum absolute atomic E-state index is 0.0372. The molecule has 4 saturated carbocycles. The Morgan fingerprint density at radius 3 is 2.36 bits per heavy atom. The summed E-state index contributed by atoms with van der Waals surface area (Å²) in [5.41, 5.74) is 5.34. The lowest BCUT2D eigenvalue weighted by molar-refractivity contribution is -0.0127. The normalized spacial score (nSPS) is 23.5. The fourth-order valence-corrected chi connectivity index (χ4v) is 8.48. The van der Waals surface area contributed by atoms with E-state index in [0.717, 1.165) is 95.5 Å². The molecule has 4 aliphatic rings. The molecule has 1 aromatic heterocycles. The van der Waals surface area contributed by atoms with E-state index in [1.165, 1.54) is 19.3 Å². The summed E-state index contributed by atoms with van der Waals surface area (Å²) < 4.78 is 7.25. The van der Waals surface area contributed by atoms with Crippen LogP contribution in [0.1, 0.15) is 69.7 Å². The van der Waals surface area contributed by atoms with Crippen molar-refractivity contribution in [3.05, 3.63) is 78.1 Å². The molecule has 0 unspecified atom stereocenters. The van der Waals surface area contributed by atoms with Crippen LogP contribution in [0.15, 0.2) is 66.7 Å². The monoisotopic (exact) mass is 592 g/mol.